The van der Waals surface area contributed by atoms with E-state index >= 15 is 0 Å². The number of thiophene rings is 1. The maximum absolute atomic E-state index is 12.4. The number of hydrogen-bond acceptors (Lipinski definition) is 2. The molecule has 104 valence electrons. The van der Waals surface area contributed by atoms with Gasteiger partial charge in [-0.05, 0) is 63.4 Å². The molecule has 0 aromatic carbocycles. The summed E-state index contributed by atoms with van der Waals surface area (Å²) in [6.45, 7) is 7.10. The van der Waals surface area contributed by atoms with E-state index in [1.165, 1.54) is 24.2 Å². The van der Waals surface area contributed by atoms with Gasteiger partial charge in [-0.2, -0.15) is 0 Å². The Labute approximate surface area is 127 Å². The largest absolute Gasteiger partial charge is 0.348 e. The van der Waals surface area contributed by atoms with Crippen molar-refractivity contribution in [1.82, 2.24) is 5.32 Å². The van der Waals surface area contributed by atoms with Crippen LogP contribution in [0.4, 0.5) is 0 Å². The quantitative estimate of drug-likeness (QED) is 0.845. The molecular formula is C15H20BrNOS. The molecule has 0 radical (unpaired) electrons. The second-order valence-corrected chi connectivity index (χ2v) is 8.50. The lowest BCUT2D eigenvalue weighted by Crippen LogP contribution is -2.46. The summed E-state index contributed by atoms with van der Waals surface area (Å²) in [5.41, 5.74) is 0.592. The predicted octanol–water partition coefficient (Wildman–Crippen LogP) is 4.46. The average molecular weight is 342 g/mol. The number of rotatable bonds is 2. The topological polar surface area (TPSA) is 29.1 Å². The van der Waals surface area contributed by atoms with Gasteiger partial charge in [-0.1, -0.05) is 20.8 Å². The van der Waals surface area contributed by atoms with Crippen LogP contribution in [0.5, 0.6) is 0 Å². The lowest BCUT2D eigenvalue weighted by atomic mass is 9.69. The Morgan fingerprint density at radius 3 is 2.68 bits per heavy atom. The van der Waals surface area contributed by atoms with Gasteiger partial charge in [-0.25, -0.2) is 0 Å². The third-order valence-electron chi connectivity index (χ3n) is 5.92. The van der Waals surface area contributed by atoms with Crippen LogP contribution in [-0.4, -0.2) is 11.9 Å². The number of amides is 1. The summed E-state index contributed by atoms with van der Waals surface area (Å²) in [4.78, 5) is 13.2. The number of halogens is 1. The van der Waals surface area contributed by atoms with E-state index in [4.69, 9.17) is 0 Å². The van der Waals surface area contributed by atoms with E-state index in [1.54, 1.807) is 0 Å². The number of carbonyl (C=O) groups is 1. The Morgan fingerprint density at radius 2 is 2.21 bits per heavy atom. The summed E-state index contributed by atoms with van der Waals surface area (Å²) in [6, 6.07) is 2.26. The third kappa shape index (κ3) is 1.83. The third-order valence-corrected chi connectivity index (χ3v) is 7.76. The summed E-state index contributed by atoms with van der Waals surface area (Å²) >= 11 is 4.94. The molecule has 1 heterocycles. The zero-order chi connectivity index (χ0) is 13.8. The second-order valence-electron chi connectivity index (χ2n) is 6.73. The molecule has 1 aromatic rings. The average Bonchev–Trinajstić information content (AvgIpc) is 2.90. The standard InChI is InChI=1S/C15H20BrNOS/c1-14(2)9-4-6-15(14,3)11(8-9)17-13(18)12-10(16)5-7-19-12/h5,7,9,11H,4,6,8H2,1-3H3,(H,17,18). The molecule has 2 saturated carbocycles. The fraction of sp³-hybridized carbons (Fsp3) is 0.667. The Morgan fingerprint density at radius 1 is 1.47 bits per heavy atom. The van der Waals surface area contributed by atoms with Crippen LogP contribution >= 0.6 is 27.3 Å². The summed E-state index contributed by atoms with van der Waals surface area (Å²) in [7, 11) is 0. The number of fused-ring (bicyclic) bond motifs is 2. The van der Waals surface area contributed by atoms with Crippen LogP contribution in [0.1, 0.15) is 49.7 Å². The molecule has 2 fully saturated rings. The smallest absolute Gasteiger partial charge is 0.262 e. The first-order valence-electron chi connectivity index (χ1n) is 6.90. The van der Waals surface area contributed by atoms with Crippen LogP contribution in [0.3, 0.4) is 0 Å². The Bertz CT molecular complexity index is 524. The SMILES string of the molecule is CC1(C)C2CCC1(C)C(NC(=O)c1sccc1Br)C2. The molecular weight excluding hydrogens is 322 g/mol. The Hall–Kier alpha value is -0.350. The van der Waals surface area contributed by atoms with Gasteiger partial charge in [0.15, 0.2) is 0 Å². The van der Waals surface area contributed by atoms with Crippen LogP contribution in [0.2, 0.25) is 0 Å². The van der Waals surface area contributed by atoms with Crippen LogP contribution in [-0.2, 0) is 0 Å². The van der Waals surface area contributed by atoms with Crippen molar-refractivity contribution in [2.75, 3.05) is 0 Å². The van der Waals surface area contributed by atoms with E-state index in [2.05, 4.69) is 42.0 Å². The molecule has 2 nitrogen and oxygen atoms in total. The zero-order valence-electron chi connectivity index (χ0n) is 11.6. The molecule has 0 aliphatic heterocycles. The predicted molar refractivity (Wildman–Crippen MR) is 82.5 cm³/mol. The molecule has 2 bridgehead atoms. The maximum atomic E-state index is 12.4. The van der Waals surface area contributed by atoms with Crippen molar-refractivity contribution >= 4 is 33.2 Å². The van der Waals surface area contributed by atoms with E-state index in [9.17, 15) is 4.79 Å². The first-order chi connectivity index (χ1) is 8.86. The van der Waals surface area contributed by atoms with Crippen molar-refractivity contribution in [2.24, 2.45) is 16.7 Å². The molecule has 2 aliphatic rings. The molecule has 3 atom stereocenters. The van der Waals surface area contributed by atoms with Gasteiger partial charge in [0, 0.05) is 10.5 Å². The van der Waals surface area contributed by atoms with Crippen LogP contribution in [0.15, 0.2) is 15.9 Å². The van der Waals surface area contributed by atoms with Crippen LogP contribution < -0.4 is 5.32 Å². The molecule has 1 N–H and O–H groups in total. The Balaban J connectivity index is 1.79. The minimum atomic E-state index is 0.0800. The van der Waals surface area contributed by atoms with Gasteiger partial charge in [0.05, 0.1) is 0 Å². The normalized spacial score (nSPS) is 35.6. The van der Waals surface area contributed by atoms with E-state index in [0.29, 0.717) is 11.5 Å². The highest BCUT2D eigenvalue weighted by molar-refractivity contribution is 9.10. The molecule has 0 saturated heterocycles. The highest BCUT2D eigenvalue weighted by Gasteiger charge is 2.61. The van der Waals surface area contributed by atoms with Crippen molar-refractivity contribution < 1.29 is 4.79 Å². The maximum Gasteiger partial charge on any atom is 0.262 e. The van der Waals surface area contributed by atoms with Gasteiger partial charge in [0.25, 0.3) is 5.91 Å². The van der Waals surface area contributed by atoms with Gasteiger partial charge in [-0.3, -0.25) is 4.79 Å². The van der Waals surface area contributed by atoms with Crippen molar-refractivity contribution in [2.45, 2.75) is 46.1 Å². The van der Waals surface area contributed by atoms with Gasteiger partial charge in [-0.15, -0.1) is 11.3 Å². The lowest BCUT2D eigenvalue weighted by Gasteiger charge is -2.39. The minimum Gasteiger partial charge on any atom is -0.348 e. The number of hydrogen-bond donors (Lipinski definition) is 1. The number of nitrogens with one attached hydrogen (secondary N) is 1. The summed E-state index contributed by atoms with van der Waals surface area (Å²) < 4.78 is 0.905. The molecule has 2 aliphatic carbocycles. The monoisotopic (exact) mass is 341 g/mol. The summed E-state index contributed by atoms with van der Waals surface area (Å²) in [5, 5.41) is 5.24. The highest BCUT2D eigenvalue weighted by Crippen LogP contribution is 2.65. The van der Waals surface area contributed by atoms with Crippen LogP contribution in [0, 0.1) is 16.7 Å². The van der Waals surface area contributed by atoms with Gasteiger partial charge in [0.2, 0.25) is 0 Å². The molecule has 0 spiro atoms. The van der Waals surface area contributed by atoms with E-state index in [-0.39, 0.29) is 11.3 Å². The molecule has 3 rings (SSSR count). The molecule has 3 unspecified atom stereocenters. The second kappa shape index (κ2) is 4.32. The lowest BCUT2D eigenvalue weighted by molar-refractivity contribution is 0.0829. The first-order valence-corrected chi connectivity index (χ1v) is 8.57. The van der Waals surface area contributed by atoms with Gasteiger partial charge in [0.1, 0.15) is 4.88 Å². The molecule has 1 amide bonds. The van der Waals surface area contributed by atoms with Crippen molar-refractivity contribution in [1.29, 1.82) is 0 Å². The van der Waals surface area contributed by atoms with E-state index in [0.717, 1.165) is 21.7 Å². The van der Waals surface area contributed by atoms with Crippen molar-refractivity contribution in [3.05, 3.63) is 20.8 Å². The number of carbonyl (C=O) groups excluding carboxylic acids is 1. The van der Waals surface area contributed by atoms with Crippen molar-refractivity contribution in [3.63, 3.8) is 0 Å². The van der Waals surface area contributed by atoms with Crippen LogP contribution in [0.25, 0.3) is 0 Å². The molecule has 1 aromatic heterocycles. The molecule has 4 heteroatoms. The van der Waals surface area contributed by atoms with Gasteiger partial charge < -0.3 is 5.32 Å². The van der Waals surface area contributed by atoms with Crippen molar-refractivity contribution in [3.8, 4) is 0 Å². The fourth-order valence-electron chi connectivity index (χ4n) is 4.10. The minimum absolute atomic E-state index is 0.0800. The molecule has 19 heavy (non-hydrogen) atoms. The zero-order valence-corrected chi connectivity index (χ0v) is 14.0. The first kappa shape index (κ1) is 13.6. The highest BCUT2D eigenvalue weighted by atomic mass is 79.9. The van der Waals surface area contributed by atoms with E-state index < -0.39 is 0 Å². The van der Waals surface area contributed by atoms with Gasteiger partial charge >= 0.3 is 0 Å². The Kier molecular flexibility index (Phi) is 3.10. The van der Waals surface area contributed by atoms with E-state index in [1.807, 2.05) is 11.4 Å². The fourth-order valence-corrected chi connectivity index (χ4v) is 5.56. The summed E-state index contributed by atoms with van der Waals surface area (Å²) in [6.07, 6.45) is 3.69. The summed E-state index contributed by atoms with van der Waals surface area (Å²) in [5.74, 6) is 0.839.